The molecule has 0 aliphatic heterocycles. The molecule has 0 aliphatic rings. The molecule has 3 heteroatoms. The maximum atomic E-state index is 10.4. The lowest BCUT2D eigenvalue weighted by molar-refractivity contribution is -0.136. The third-order valence-corrected chi connectivity index (χ3v) is 2.05. The first-order valence-electron chi connectivity index (χ1n) is 4.49. The summed E-state index contributed by atoms with van der Waals surface area (Å²) in [6, 6.07) is 5.79. The molecule has 0 unspecified atom stereocenters. The van der Waals surface area contributed by atoms with Gasteiger partial charge < -0.3 is 9.84 Å². The Labute approximate surface area is 83.3 Å². The van der Waals surface area contributed by atoms with Crippen LogP contribution < -0.4 is 4.74 Å². The van der Waals surface area contributed by atoms with E-state index in [0.29, 0.717) is 6.42 Å². The molecule has 1 N–H and O–H groups in total. The fourth-order valence-electron chi connectivity index (χ4n) is 1.30. The molecule has 1 aromatic carbocycles. The van der Waals surface area contributed by atoms with Crippen LogP contribution in [0.5, 0.6) is 5.75 Å². The topological polar surface area (TPSA) is 46.5 Å². The zero-order valence-corrected chi connectivity index (χ0v) is 8.41. The molecule has 0 heterocycles. The maximum absolute atomic E-state index is 10.4. The standard InChI is InChI=1S/C11H14O3/c1-8-3-4-9(5-6-11(12)13)10(7-8)14-2/h3-4,7H,5-6H2,1-2H3,(H,12,13). The summed E-state index contributed by atoms with van der Waals surface area (Å²) < 4.78 is 5.17. The molecule has 0 saturated heterocycles. The van der Waals surface area contributed by atoms with E-state index in [4.69, 9.17) is 9.84 Å². The van der Waals surface area contributed by atoms with Crippen LogP contribution in [0, 0.1) is 6.92 Å². The fraction of sp³-hybridized carbons (Fsp3) is 0.364. The van der Waals surface area contributed by atoms with E-state index in [-0.39, 0.29) is 6.42 Å². The average Bonchev–Trinajstić information content (AvgIpc) is 2.15. The van der Waals surface area contributed by atoms with E-state index in [1.165, 1.54) is 0 Å². The van der Waals surface area contributed by atoms with E-state index in [1.807, 2.05) is 25.1 Å². The van der Waals surface area contributed by atoms with Crippen LogP contribution in [0.1, 0.15) is 17.5 Å². The highest BCUT2D eigenvalue weighted by Crippen LogP contribution is 2.21. The Morgan fingerprint density at radius 1 is 1.50 bits per heavy atom. The summed E-state index contributed by atoms with van der Waals surface area (Å²) in [4.78, 5) is 10.4. The second kappa shape index (κ2) is 4.65. The van der Waals surface area contributed by atoms with E-state index < -0.39 is 5.97 Å². The number of rotatable bonds is 4. The van der Waals surface area contributed by atoms with Crippen molar-refractivity contribution in [3.63, 3.8) is 0 Å². The molecule has 0 radical (unpaired) electrons. The molecule has 0 saturated carbocycles. The van der Waals surface area contributed by atoms with Gasteiger partial charge >= 0.3 is 5.97 Å². The van der Waals surface area contributed by atoms with Crippen LogP contribution in [0.15, 0.2) is 18.2 Å². The van der Waals surface area contributed by atoms with Crippen molar-refractivity contribution >= 4 is 5.97 Å². The second-order valence-electron chi connectivity index (χ2n) is 3.21. The highest BCUT2D eigenvalue weighted by atomic mass is 16.5. The molecular weight excluding hydrogens is 180 g/mol. The number of carboxylic acids is 1. The van der Waals surface area contributed by atoms with Gasteiger partial charge in [0.05, 0.1) is 7.11 Å². The average molecular weight is 194 g/mol. The highest BCUT2D eigenvalue weighted by molar-refractivity contribution is 5.67. The van der Waals surface area contributed by atoms with Crippen molar-refractivity contribution in [2.24, 2.45) is 0 Å². The molecule has 76 valence electrons. The molecular formula is C11H14O3. The van der Waals surface area contributed by atoms with Crippen molar-refractivity contribution in [2.45, 2.75) is 19.8 Å². The van der Waals surface area contributed by atoms with Gasteiger partial charge in [0.25, 0.3) is 0 Å². The number of carboxylic acid groups (broad SMARTS) is 1. The van der Waals surface area contributed by atoms with Crippen molar-refractivity contribution in [1.29, 1.82) is 0 Å². The van der Waals surface area contributed by atoms with Crippen molar-refractivity contribution in [3.8, 4) is 5.75 Å². The van der Waals surface area contributed by atoms with Gasteiger partial charge in [-0.15, -0.1) is 0 Å². The van der Waals surface area contributed by atoms with Gasteiger partial charge in [0.1, 0.15) is 5.75 Å². The molecule has 0 bridgehead atoms. The first kappa shape index (κ1) is 10.6. The monoisotopic (exact) mass is 194 g/mol. The van der Waals surface area contributed by atoms with Gasteiger partial charge in [-0.2, -0.15) is 0 Å². The summed E-state index contributed by atoms with van der Waals surface area (Å²) >= 11 is 0. The third-order valence-electron chi connectivity index (χ3n) is 2.05. The molecule has 0 spiro atoms. The van der Waals surface area contributed by atoms with Crippen molar-refractivity contribution in [1.82, 2.24) is 0 Å². The van der Waals surface area contributed by atoms with Gasteiger partial charge in [0, 0.05) is 6.42 Å². The molecule has 14 heavy (non-hydrogen) atoms. The number of aliphatic carboxylic acids is 1. The Bertz CT molecular complexity index is 331. The van der Waals surface area contributed by atoms with Crippen LogP contribution in [-0.4, -0.2) is 18.2 Å². The predicted molar refractivity (Wildman–Crippen MR) is 53.7 cm³/mol. The van der Waals surface area contributed by atoms with E-state index in [2.05, 4.69) is 0 Å². The summed E-state index contributed by atoms with van der Waals surface area (Å²) in [5.74, 6) is -0.0149. The Morgan fingerprint density at radius 2 is 2.21 bits per heavy atom. The van der Waals surface area contributed by atoms with Crippen molar-refractivity contribution in [3.05, 3.63) is 29.3 Å². The molecule has 0 atom stereocenters. The summed E-state index contributed by atoms with van der Waals surface area (Å²) in [7, 11) is 1.60. The van der Waals surface area contributed by atoms with E-state index in [9.17, 15) is 4.79 Å². The van der Waals surface area contributed by atoms with E-state index in [1.54, 1.807) is 7.11 Å². The zero-order valence-electron chi connectivity index (χ0n) is 8.41. The van der Waals surface area contributed by atoms with E-state index >= 15 is 0 Å². The van der Waals surface area contributed by atoms with Crippen molar-refractivity contribution < 1.29 is 14.6 Å². The number of aryl methyl sites for hydroxylation is 2. The highest BCUT2D eigenvalue weighted by Gasteiger charge is 2.05. The van der Waals surface area contributed by atoms with Gasteiger partial charge in [-0.3, -0.25) is 4.79 Å². The fourth-order valence-corrected chi connectivity index (χ4v) is 1.30. The largest absolute Gasteiger partial charge is 0.496 e. The van der Waals surface area contributed by atoms with Gasteiger partial charge in [-0.25, -0.2) is 0 Å². The third kappa shape index (κ3) is 2.76. The Hall–Kier alpha value is -1.51. The molecule has 0 fully saturated rings. The number of carbonyl (C=O) groups is 1. The Kier molecular flexibility index (Phi) is 3.51. The van der Waals surface area contributed by atoms with Crippen LogP contribution in [0.3, 0.4) is 0 Å². The summed E-state index contributed by atoms with van der Waals surface area (Å²) in [6.07, 6.45) is 0.651. The summed E-state index contributed by atoms with van der Waals surface area (Å²) in [5, 5.41) is 8.55. The summed E-state index contributed by atoms with van der Waals surface area (Å²) in [5.41, 5.74) is 2.06. The number of hydrogen-bond acceptors (Lipinski definition) is 2. The minimum Gasteiger partial charge on any atom is -0.496 e. The number of hydrogen-bond donors (Lipinski definition) is 1. The van der Waals surface area contributed by atoms with Gasteiger partial charge in [0.15, 0.2) is 0 Å². The normalized spacial score (nSPS) is 9.86. The van der Waals surface area contributed by atoms with Gasteiger partial charge in [-0.1, -0.05) is 12.1 Å². The molecule has 0 aliphatic carbocycles. The number of ether oxygens (including phenoxy) is 1. The lowest BCUT2D eigenvalue weighted by atomic mass is 10.1. The van der Waals surface area contributed by atoms with Crippen LogP contribution >= 0.6 is 0 Å². The maximum Gasteiger partial charge on any atom is 0.303 e. The number of methoxy groups -OCH3 is 1. The molecule has 0 aromatic heterocycles. The van der Waals surface area contributed by atoms with Crippen LogP contribution in [0.25, 0.3) is 0 Å². The van der Waals surface area contributed by atoms with Crippen molar-refractivity contribution in [2.75, 3.05) is 7.11 Å². The minimum absolute atomic E-state index is 0.138. The molecule has 0 amide bonds. The second-order valence-corrected chi connectivity index (χ2v) is 3.21. The molecule has 1 aromatic rings. The van der Waals surface area contributed by atoms with Crippen LogP contribution in [0.2, 0.25) is 0 Å². The number of benzene rings is 1. The van der Waals surface area contributed by atoms with Gasteiger partial charge in [0.2, 0.25) is 0 Å². The lowest BCUT2D eigenvalue weighted by Crippen LogP contribution is -1.99. The Balaban J connectivity index is 2.80. The Morgan fingerprint density at radius 3 is 2.79 bits per heavy atom. The van der Waals surface area contributed by atoms with Crippen LogP contribution in [-0.2, 0) is 11.2 Å². The zero-order chi connectivity index (χ0) is 10.6. The quantitative estimate of drug-likeness (QED) is 0.797. The predicted octanol–water partition coefficient (Wildman–Crippen LogP) is 2.02. The molecule has 3 nitrogen and oxygen atoms in total. The lowest BCUT2D eigenvalue weighted by Gasteiger charge is -2.07. The summed E-state index contributed by atoms with van der Waals surface area (Å²) in [6.45, 7) is 1.98. The first-order valence-corrected chi connectivity index (χ1v) is 4.49. The van der Waals surface area contributed by atoms with Gasteiger partial charge in [-0.05, 0) is 30.5 Å². The van der Waals surface area contributed by atoms with Crippen LogP contribution in [0.4, 0.5) is 0 Å². The first-order chi connectivity index (χ1) is 6.63. The molecule has 1 rings (SSSR count). The SMILES string of the molecule is COc1cc(C)ccc1CCC(=O)O. The van der Waals surface area contributed by atoms with E-state index in [0.717, 1.165) is 16.9 Å². The smallest absolute Gasteiger partial charge is 0.303 e. The minimum atomic E-state index is -0.785.